The van der Waals surface area contributed by atoms with Gasteiger partial charge in [0, 0.05) is 31.7 Å². The van der Waals surface area contributed by atoms with E-state index >= 15 is 0 Å². The van der Waals surface area contributed by atoms with Crippen LogP contribution in [-0.2, 0) is 6.54 Å². The number of aromatic nitrogens is 3. The molecule has 1 aliphatic heterocycles. The molecule has 8 nitrogen and oxygen atoms in total. The first-order valence-electron chi connectivity index (χ1n) is 10.2. The van der Waals surface area contributed by atoms with Crippen LogP contribution >= 0.6 is 0 Å². The van der Waals surface area contributed by atoms with Gasteiger partial charge >= 0.3 is 0 Å². The smallest absolute Gasteiger partial charge is 0.291 e. The molecule has 2 atom stereocenters. The molecule has 3 heterocycles. The van der Waals surface area contributed by atoms with Gasteiger partial charge in [-0.2, -0.15) is 5.10 Å². The zero-order valence-electron chi connectivity index (χ0n) is 17.1. The Morgan fingerprint density at radius 1 is 1.23 bits per heavy atom. The summed E-state index contributed by atoms with van der Waals surface area (Å²) in [6.45, 7) is 5.38. The van der Waals surface area contributed by atoms with Gasteiger partial charge in [0.1, 0.15) is 5.69 Å². The zero-order chi connectivity index (χ0) is 21.1. The van der Waals surface area contributed by atoms with Gasteiger partial charge in [-0.05, 0) is 31.9 Å². The number of oxazole rings is 1. The average molecular weight is 407 g/mol. The van der Waals surface area contributed by atoms with Gasteiger partial charge in [0.15, 0.2) is 6.39 Å². The summed E-state index contributed by atoms with van der Waals surface area (Å²) in [4.78, 5) is 31.5. The molecular formula is C22H25N5O3. The number of rotatable bonds is 5. The maximum absolute atomic E-state index is 12.9. The number of nitrogens with zero attached hydrogens (tertiary/aromatic N) is 4. The molecule has 1 saturated heterocycles. The van der Waals surface area contributed by atoms with Crippen molar-refractivity contribution in [2.24, 2.45) is 0 Å². The Bertz CT molecular complexity index is 1030. The molecule has 2 aromatic heterocycles. The minimum Gasteiger partial charge on any atom is -0.438 e. The van der Waals surface area contributed by atoms with Crippen LogP contribution in [0.2, 0.25) is 0 Å². The highest BCUT2D eigenvalue weighted by Gasteiger charge is 2.35. The lowest BCUT2D eigenvalue weighted by Crippen LogP contribution is -2.53. The van der Waals surface area contributed by atoms with Crippen LogP contribution in [-0.4, -0.2) is 50.6 Å². The van der Waals surface area contributed by atoms with Crippen molar-refractivity contribution in [3.63, 3.8) is 0 Å². The van der Waals surface area contributed by atoms with E-state index < -0.39 is 0 Å². The Morgan fingerprint density at radius 2 is 2.03 bits per heavy atom. The molecule has 2 amide bonds. The molecule has 3 aromatic rings. The number of hydrogen-bond donors (Lipinski definition) is 1. The Hall–Kier alpha value is -3.42. The van der Waals surface area contributed by atoms with Crippen molar-refractivity contribution < 1.29 is 14.0 Å². The summed E-state index contributed by atoms with van der Waals surface area (Å²) < 4.78 is 7.00. The molecule has 0 unspecified atom stereocenters. The molecule has 1 aliphatic rings. The topological polar surface area (TPSA) is 93.3 Å². The summed E-state index contributed by atoms with van der Waals surface area (Å²) in [5.41, 5.74) is 2.08. The van der Waals surface area contributed by atoms with Crippen LogP contribution in [0.3, 0.4) is 0 Å². The van der Waals surface area contributed by atoms with E-state index in [0.29, 0.717) is 31.0 Å². The number of aryl methyl sites for hydroxylation is 2. The lowest BCUT2D eigenvalue weighted by Gasteiger charge is -2.38. The summed E-state index contributed by atoms with van der Waals surface area (Å²) in [6, 6.07) is 11.5. The number of benzene rings is 1. The second-order valence-corrected chi connectivity index (χ2v) is 7.46. The van der Waals surface area contributed by atoms with E-state index in [4.69, 9.17) is 4.42 Å². The van der Waals surface area contributed by atoms with Crippen LogP contribution in [0.15, 0.2) is 53.4 Å². The van der Waals surface area contributed by atoms with E-state index in [2.05, 4.69) is 27.5 Å². The van der Waals surface area contributed by atoms with Crippen molar-refractivity contribution >= 4 is 11.8 Å². The second kappa shape index (κ2) is 8.52. The molecule has 1 N–H and O–H groups in total. The Morgan fingerprint density at radius 3 is 2.70 bits per heavy atom. The maximum Gasteiger partial charge on any atom is 0.291 e. The molecule has 30 heavy (non-hydrogen) atoms. The van der Waals surface area contributed by atoms with E-state index in [1.165, 1.54) is 6.39 Å². The number of nitrogens with one attached hydrogen (secondary N) is 1. The molecule has 8 heteroatoms. The lowest BCUT2D eigenvalue weighted by atomic mass is 9.85. The quantitative estimate of drug-likeness (QED) is 0.702. The molecule has 0 bridgehead atoms. The molecule has 0 aliphatic carbocycles. The highest BCUT2D eigenvalue weighted by Crippen LogP contribution is 2.29. The van der Waals surface area contributed by atoms with Crippen molar-refractivity contribution in [2.75, 3.05) is 13.1 Å². The third-order valence-corrected chi connectivity index (χ3v) is 5.58. The summed E-state index contributed by atoms with van der Waals surface area (Å²) >= 11 is 0. The number of piperidine rings is 1. The zero-order valence-corrected chi connectivity index (χ0v) is 17.1. The van der Waals surface area contributed by atoms with Crippen LogP contribution < -0.4 is 5.32 Å². The summed E-state index contributed by atoms with van der Waals surface area (Å²) in [5, 5.41) is 7.41. The molecule has 0 radical (unpaired) electrons. The lowest BCUT2D eigenvalue weighted by molar-refractivity contribution is 0.0625. The monoisotopic (exact) mass is 407 g/mol. The van der Waals surface area contributed by atoms with Crippen molar-refractivity contribution in [1.82, 2.24) is 25.0 Å². The Kier molecular flexibility index (Phi) is 5.65. The highest BCUT2D eigenvalue weighted by molar-refractivity contribution is 5.93. The summed E-state index contributed by atoms with van der Waals surface area (Å²) in [7, 11) is 0. The van der Waals surface area contributed by atoms with Gasteiger partial charge in [-0.25, -0.2) is 4.98 Å². The first-order valence-corrected chi connectivity index (χ1v) is 10.2. The van der Waals surface area contributed by atoms with E-state index in [1.54, 1.807) is 28.8 Å². The van der Waals surface area contributed by atoms with Gasteiger partial charge in [0.05, 0.1) is 11.7 Å². The SMILES string of the molecule is CCn1ccc(C(=O)N[C@H]2CN(C(=O)c3ocnc3C)CC[C@H]2c2ccccc2)n1. The predicted octanol–water partition coefficient (Wildman–Crippen LogP) is 2.63. The fraction of sp³-hybridized carbons (Fsp3) is 0.364. The molecule has 1 aromatic carbocycles. The van der Waals surface area contributed by atoms with E-state index in [9.17, 15) is 9.59 Å². The first kappa shape index (κ1) is 19.9. The number of hydrogen-bond acceptors (Lipinski definition) is 5. The van der Waals surface area contributed by atoms with Crippen LogP contribution in [0.25, 0.3) is 0 Å². The maximum atomic E-state index is 12.9. The highest BCUT2D eigenvalue weighted by atomic mass is 16.3. The third-order valence-electron chi connectivity index (χ3n) is 5.58. The fourth-order valence-corrected chi connectivity index (χ4v) is 3.93. The standard InChI is InChI=1S/C22H25N5O3/c1-3-27-12-10-18(25-27)21(28)24-19-13-26(22(29)20-15(2)23-14-30-20)11-9-17(19)16-7-5-4-6-8-16/h4-8,10,12,14,17,19H,3,9,11,13H2,1-2H3,(H,24,28)/t17-,19-/m0/s1. The van der Waals surface area contributed by atoms with Crippen LogP contribution in [0.4, 0.5) is 0 Å². The number of carbonyl (C=O) groups excluding carboxylic acids is 2. The first-order chi connectivity index (χ1) is 14.6. The van der Waals surface area contributed by atoms with Gasteiger partial charge in [-0.1, -0.05) is 30.3 Å². The van der Waals surface area contributed by atoms with Crippen LogP contribution in [0.5, 0.6) is 0 Å². The van der Waals surface area contributed by atoms with E-state index in [-0.39, 0.29) is 29.5 Å². The van der Waals surface area contributed by atoms with Crippen molar-refractivity contribution in [3.8, 4) is 0 Å². The van der Waals surface area contributed by atoms with Crippen molar-refractivity contribution in [3.05, 3.63) is 71.7 Å². The van der Waals surface area contributed by atoms with Gasteiger partial charge in [-0.15, -0.1) is 0 Å². The molecule has 4 rings (SSSR count). The van der Waals surface area contributed by atoms with Crippen molar-refractivity contribution in [2.45, 2.75) is 38.8 Å². The van der Waals surface area contributed by atoms with Gasteiger partial charge in [0.25, 0.3) is 11.8 Å². The van der Waals surface area contributed by atoms with Gasteiger partial charge < -0.3 is 14.6 Å². The van der Waals surface area contributed by atoms with E-state index in [1.807, 2.05) is 25.1 Å². The van der Waals surface area contributed by atoms with Gasteiger partial charge in [-0.3, -0.25) is 14.3 Å². The molecule has 1 fully saturated rings. The minimum absolute atomic E-state index is 0.100. The average Bonchev–Trinajstić information content (AvgIpc) is 3.43. The number of amides is 2. The van der Waals surface area contributed by atoms with Crippen molar-refractivity contribution in [1.29, 1.82) is 0 Å². The molecule has 156 valence electrons. The second-order valence-electron chi connectivity index (χ2n) is 7.46. The number of carbonyl (C=O) groups is 2. The molecular weight excluding hydrogens is 382 g/mol. The normalized spacial score (nSPS) is 18.9. The Labute approximate surface area is 174 Å². The van der Waals surface area contributed by atoms with Crippen LogP contribution in [0.1, 0.15) is 51.6 Å². The van der Waals surface area contributed by atoms with E-state index in [0.717, 1.165) is 12.0 Å². The molecule has 0 saturated carbocycles. The number of likely N-dealkylation sites (tertiary alicyclic amines) is 1. The minimum atomic E-state index is -0.243. The largest absolute Gasteiger partial charge is 0.438 e. The van der Waals surface area contributed by atoms with Gasteiger partial charge in [0.2, 0.25) is 5.76 Å². The third kappa shape index (κ3) is 3.98. The molecule has 0 spiro atoms. The predicted molar refractivity (Wildman–Crippen MR) is 110 cm³/mol. The fourth-order valence-electron chi connectivity index (χ4n) is 3.93. The Balaban J connectivity index is 1.56. The summed E-state index contributed by atoms with van der Waals surface area (Å²) in [5.74, 6) is -0.0903. The summed E-state index contributed by atoms with van der Waals surface area (Å²) in [6.07, 6.45) is 3.80. The van der Waals surface area contributed by atoms with Crippen LogP contribution in [0, 0.1) is 6.92 Å².